The molecular weight excluding hydrogens is 418 g/mol. The summed E-state index contributed by atoms with van der Waals surface area (Å²) >= 11 is 0. The summed E-state index contributed by atoms with van der Waals surface area (Å²) in [5, 5.41) is 0. The van der Waals surface area contributed by atoms with Crippen molar-refractivity contribution >= 4 is 5.91 Å². The van der Waals surface area contributed by atoms with Gasteiger partial charge in [-0.2, -0.15) is 0 Å². The van der Waals surface area contributed by atoms with Gasteiger partial charge in [-0.05, 0) is 54.7 Å². The van der Waals surface area contributed by atoms with Gasteiger partial charge in [-0.3, -0.25) is 4.79 Å². The highest BCUT2D eigenvalue weighted by Gasteiger charge is 2.28. The van der Waals surface area contributed by atoms with E-state index in [-0.39, 0.29) is 5.92 Å². The van der Waals surface area contributed by atoms with E-state index in [9.17, 15) is 4.79 Å². The Morgan fingerprint density at radius 1 is 1.00 bits per heavy atom. The smallest absolute Gasteiger partial charge is 0.226 e. The maximum Gasteiger partial charge on any atom is 0.226 e. The number of hydrogen-bond donors (Lipinski definition) is 0. The van der Waals surface area contributed by atoms with Crippen LogP contribution in [0.25, 0.3) is 0 Å². The predicted octanol–water partition coefficient (Wildman–Crippen LogP) is 4.76. The van der Waals surface area contributed by atoms with Gasteiger partial charge in [-0.1, -0.05) is 31.4 Å². The molecule has 1 fully saturated rings. The molecule has 1 aliphatic carbocycles. The third-order valence-corrected chi connectivity index (χ3v) is 6.62. The summed E-state index contributed by atoms with van der Waals surface area (Å²) in [4.78, 5) is 15.1. The lowest BCUT2D eigenvalue weighted by Gasteiger charge is -2.28. The fraction of sp³-hybridized carbons (Fsp3) is 0.519. The molecule has 0 radical (unpaired) electrons. The normalized spacial score (nSPS) is 16.5. The first-order chi connectivity index (χ1) is 16.2. The van der Waals surface area contributed by atoms with Crippen LogP contribution in [0.3, 0.4) is 0 Å². The molecule has 6 nitrogen and oxygen atoms in total. The summed E-state index contributed by atoms with van der Waals surface area (Å²) in [6.45, 7) is 2.95. The molecule has 1 heterocycles. The Morgan fingerprint density at radius 3 is 2.58 bits per heavy atom. The first-order valence-corrected chi connectivity index (χ1v) is 12.0. The molecule has 0 atom stereocenters. The lowest BCUT2D eigenvalue weighted by molar-refractivity contribution is -0.137. The fourth-order valence-corrected chi connectivity index (χ4v) is 4.75. The van der Waals surface area contributed by atoms with E-state index in [0.717, 1.165) is 53.2 Å². The van der Waals surface area contributed by atoms with E-state index in [1.807, 2.05) is 35.2 Å². The van der Waals surface area contributed by atoms with Crippen molar-refractivity contribution in [1.82, 2.24) is 4.90 Å². The maximum absolute atomic E-state index is 13.1. The number of carbonyl (C=O) groups excluding carboxylic acids is 1. The molecule has 0 saturated heterocycles. The monoisotopic (exact) mass is 453 g/mol. The Labute approximate surface area is 196 Å². The predicted molar refractivity (Wildman–Crippen MR) is 127 cm³/mol. The zero-order valence-corrected chi connectivity index (χ0v) is 19.8. The van der Waals surface area contributed by atoms with Crippen LogP contribution in [0, 0.1) is 5.92 Å². The molecule has 1 saturated carbocycles. The van der Waals surface area contributed by atoms with Crippen LogP contribution >= 0.6 is 0 Å². The van der Waals surface area contributed by atoms with E-state index < -0.39 is 0 Å². The average Bonchev–Trinajstić information content (AvgIpc) is 3.08. The van der Waals surface area contributed by atoms with Gasteiger partial charge in [-0.15, -0.1) is 0 Å². The van der Waals surface area contributed by atoms with Crippen molar-refractivity contribution in [3.8, 4) is 17.2 Å². The van der Waals surface area contributed by atoms with E-state index in [4.69, 9.17) is 18.9 Å². The van der Waals surface area contributed by atoms with Crippen molar-refractivity contribution < 1.29 is 23.7 Å². The van der Waals surface area contributed by atoms with Crippen molar-refractivity contribution in [2.45, 2.75) is 51.7 Å². The minimum Gasteiger partial charge on any atom is -0.493 e. The molecular formula is C27H35NO5. The topological polar surface area (TPSA) is 57.2 Å². The maximum atomic E-state index is 13.1. The Morgan fingerprint density at radius 2 is 1.79 bits per heavy atom. The van der Waals surface area contributed by atoms with E-state index in [2.05, 4.69) is 6.07 Å². The fourth-order valence-electron chi connectivity index (χ4n) is 4.75. The first kappa shape index (κ1) is 23.4. The van der Waals surface area contributed by atoms with Gasteiger partial charge >= 0.3 is 0 Å². The second-order valence-corrected chi connectivity index (χ2v) is 8.88. The van der Waals surface area contributed by atoms with Gasteiger partial charge in [-0.25, -0.2) is 0 Å². The van der Waals surface area contributed by atoms with E-state index in [1.165, 1.54) is 19.3 Å². The van der Waals surface area contributed by atoms with Gasteiger partial charge in [0.15, 0.2) is 11.5 Å². The minimum atomic E-state index is 0.184. The molecule has 6 heteroatoms. The number of carbonyl (C=O) groups is 1. The molecule has 0 unspecified atom stereocenters. The Balaban J connectivity index is 1.32. The van der Waals surface area contributed by atoms with Crippen LogP contribution in [0.4, 0.5) is 0 Å². The van der Waals surface area contributed by atoms with Crippen LogP contribution in [0.5, 0.6) is 17.2 Å². The third kappa shape index (κ3) is 5.99. The number of nitrogens with zero attached hydrogens (tertiary/aromatic N) is 1. The number of ether oxygens (including phenoxy) is 4. The third-order valence-electron chi connectivity index (χ3n) is 6.62. The molecule has 0 N–H and O–H groups in total. The number of rotatable bonds is 8. The van der Waals surface area contributed by atoms with Crippen molar-refractivity contribution in [2.75, 3.05) is 34.0 Å². The van der Waals surface area contributed by atoms with Crippen LogP contribution in [0.15, 0.2) is 36.4 Å². The highest BCUT2D eigenvalue weighted by Crippen LogP contribution is 2.30. The highest BCUT2D eigenvalue weighted by molar-refractivity contribution is 5.79. The van der Waals surface area contributed by atoms with Crippen molar-refractivity contribution in [3.63, 3.8) is 0 Å². The second kappa shape index (κ2) is 11.4. The molecule has 4 rings (SSSR count). The number of methoxy groups -OCH3 is 2. The standard InChI is InChI=1S/C27H35NO5/c1-30-25-11-8-20(17-26(25)31-2)12-14-32-19-21-9-10-24-23(16-21)18-28(13-15-33-24)27(29)22-6-4-3-5-7-22/h8-11,16-17,22H,3-7,12-15,18-19H2,1-2H3. The van der Waals surface area contributed by atoms with Crippen molar-refractivity contribution in [2.24, 2.45) is 5.92 Å². The Kier molecular flexibility index (Phi) is 8.10. The van der Waals surface area contributed by atoms with E-state index >= 15 is 0 Å². The van der Waals surface area contributed by atoms with E-state index in [1.54, 1.807) is 14.2 Å². The summed E-state index contributed by atoms with van der Waals surface area (Å²) in [5.41, 5.74) is 3.30. The van der Waals surface area contributed by atoms with Gasteiger partial charge in [0.1, 0.15) is 12.4 Å². The van der Waals surface area contributed by atoms with Gasteiger partial charge in [0.05, 0.1) is 34.0 Å². The quantitative estimate of drug-likeness (QED) is 0.539. The summed E-state index contributed by atoms with van der Waals surface area (Å²) in [5.74, 6) is 2.81. The number of benzene rings is 2. The van der Waals surface area contributed by atoms with E-state index in [0.29, 0.717) is 38.8 Å². The lowest BCUT2D eigenvalue weighted by atomic mass is 9.88. The summed E-state index contributed by atoms with van der Waals surface area (Å²) in [7, 11) is 3.28. The van der Waals surface area contributed by atoms with Crippen LogP contribution in [0.1, 0.15) is 48.8 Å². The molecule has 1 amide bonds. The molecule has 2 aromatic carbocycles. The molecule has 1 aliphatic heterocycles. The SMILES string of the molecule is COc1ccc(CCOCc2ccc3c(c2)CN(C(=O)C2CCCCC2)CCO3)cc1OC. The minimum absolute atomic E-state index is 0.184. The summed E-state index contributed by atoms with van der Waals surface area (Å²) < 4.78 is 22.6. The second-order valence-electron chi connectivity index (χ2n) is 8.88. The molecule has 33 heavy (non-hydrogen) atoms. The van der Waals surface area contributed by atoms with Gasteiger partial charge < -0.3 is 23.8 Å². The largest absolute Gasteiger partial charge is 0.493 e. The average molecular weight is 454 g/mol. The molecule has 0 aromatic heterocycles. The van der Waals surface area contributed by atoms with Crippen LogP contribution in [-0.4, -0.2) is 44.8 Å². The molecule has 0 bridgehead atoms. The zero-order chi connectivity index (χ0) is 23.0. The lowest BCUT2D eigenvalue weighted by Crippen LogP contribution is -2.37. The number of fused-ring (bicyclic) bond motifs is 1. The Hall–Kier alpha value is -2.73. The van der Waals surface area contributed by atoms with Gasteiger partial charge in [0.25, 0.3) is 0 Å². The van der Waals surface area contributed by atoms with Crippen molar-refractivity contribution in [3.05, 3.63) is 53.1 Å². The molecule has 0 spiro atoms. The van der Waals surface area contributed by atoms with Crippen molar-refractivity contribution in [1.29, 1.82) is 0 Å². The zero-order valence-electron chi connectivity index (χ0n) is 19.8. The molecule has 178 valence electrons. The summed E-state index contributed by atoms with van der Waals surface area (Å²) in [6.07, 6.45) is 6.43. The van der Waals surface area contributed by atoms with Crippen LogP contribution in [-0.2, 0) is 29.1 Å². The van der Waals surface area contributed by atoms with Gasteiger partial charge in [0, 0.05) is 18.0 Å². The van der Waals surface area contributed by atoms with Crippen LogP contribution < -0.4 is 14.2 Å². The number of amides is 1. The van der Waals surface area contributed by atoms with Gasteiger partial charge in [0.2, 0.25) is 5.91 Å². The Bertz CT molecular complexity index is 938. The summed E-state index contributed by atoms with van der Waals surface area (Å²) in [6, 6.07) is 12.1. The first-order valence-electron chi connectivity index (χ1n) is 12.0. The molecule has 2 aliphatic rings. The number of hydrogen-bond acceptors (Lipinski definition) is 5. The molecule has 2 aromatic rings. The van der Waals surface area contributed by atoms with Crippen LogP contribution in [0.2, 0.25) is 0 Å². The highest BCUT2D eigenvalue weighted by atomic mass is 16.5.